The van der Waals surface area contributed by atoms with Crippen LogP contribution in [0.2, 0.25) is 0 Å². The standard InChI is InChI=1S/C72H140NO8P/c1-6-8-10-12-14-16-18-20-22-24-26-28-29-30-31-32-33-34-35-36-37-38-39-40-41-42-43-45-46-48-50-52-54-56-58-60-62-64-71(74)78-68-70(69-80-82(76,77)79-67-66-73(3,4)5)81-72(75)65-63-61-59-57-55-53-51-49-47-44-27-25-23-21-19-17-15-13-11-9-7-2/h19,21,25,27,70H,6-18,20,22-24,26,28-69H2,1-5H3/b21-19-,27-25-. The number of hydrogen-bond donors (Lipinski definition) is 0. The summed E-state index contributed by atoms with van der Waals surface area (Å²) >= 11 is 0. The van der Waals surface area contributed by atoms with Crippen LogP contribution in [0.4, 0.5) is 0 Å². The molecule has 0 aliphatic carbocycles. The number of phosphoric acid groups is 1. The number of rotatable bonds is 68. The van der Waals surface area contributed by atoms with E-state index >= 15 is 0 Å². The molecule has 0 aliphatic rings. The Morgan fingerprint density at radius 3 is 0.963 bits per heavy atom. The number of unbranched alkanes of at least 4 members (excludes halogenated alkanes) is 50. The summed E-state index contributed by atoms with van der Waals surface area (Å²) in [4.78, 5) is 38.0. The SMILES string of the molecule is CCCCCCC/C=C\C/C=C\CCCCCCCCCCCC(=O)OC(COC(=O)CCCCCCCCCCCCCCCCCCCCCCCCCCCCCCCCCCCCCCC)COP(=O)([O-])OCC[N+](C)(C)C. The van der Waals surface area contributed by atoms with E-state index in [0.29, 0.717) is 17.4 Å². The Labute approximate surface area is 510 Å². The molecule has 0 bridgehead atoms. The first-order valence-corrected chi connectivity index (χ1v) is 37.5. The summed E-state index contributed by atoms with van der Waals surface area (Å²) in [6.45, 7) is 4.29. The molecule has 0 fully saturated rings. The van der Waals surface area contributed by atoms with Crippen LogP contribution in [-0.2, 0) is 32.7 Å². The van der Waals surface area contributed by atoms with Crippen molar-refractivity contribution in [2.75, 3.05) is 47.5 Å². The van der Waals surface area contributed by atoms with Gasteiger partial charge in [0.15, 0.2) is 6.10 Å². The summed E-state index contributed by atoms with van der Waals surface area (Å²) in [7, 11) is 1.18. The lowest BCUT2D eigenvalue weighted by Crippen LogP contribution is -2.37. The van der Waals surface area contributed by atoms with Crippen LogP contribution >= 0.6 is 7.82 Å². The van der Waals surface area contributed by atoms with Crippen molar-refractivity contribution in [2.45, 2.75) is 380 Å². The van der Waals surface area contributed by atoms with E-state index in [9.17, 15) is 19.0 Å². The van der Waals surface area contributed by atoms with Crippen LogP contribution in [0.5, 0.6) is 0 Å². The number of quaternary nitrogens is 1. The summed E-state index contributed by atoms with van der Waals surface area (Å²) in [5.41, 5.74) is 0. The number of hydrogen-bond acceptors (Lipinski definition) is 8. The third kappa shape index (κ3) is 67.6. The molecule has 0 saturated carbocycles. The second-order valence-corrected chi connectivity index (χ2v) is 27.4. The molecular formula is C72H140NO8P. The molecule has 0 N–H and O–H groups in total. The number of likely N-dealkylation sites (N-methyl/N-ethyl adjacent to an activating group) is 1. The van der Waals surface area contributed by atoms with Gasteiger partial charge in [0.2, 0.25) is 0 Å². The fourth-order valence-corrected chi connectivity index (χ4v) is 11.7. The number of nitrogens with zero attached hydrogens (tertiary/aromatic N) is 1. The van der Waals surface area contributed by atoms with Crippen LogP contribution in [-0.4, -0.2) is 70.0 Å². The number of carbonyl (C=O) groups excluding carboxylic acids is 2. The number of allylic oxidation sites excluding steroid dienone is 4. The van der Waals surface area contributed by atoms with Gasteiger partial charge in [0, 0.05) is 12.8 Å². The van der Waals surface area contributed by atoms with Crippen molar-refractivity contribution in [1.29, 1.82) is 0 Å². The maximum Gasteiger partial charge on any atom is 0.306 e. The van der Waals surface area contributed by atoms with Gasteiger partial charge in [0.1, 0.15) is 19.8 Å². The minimum absolute atomic E-state index is 0.0290. The largest absolute Gasteiger partial charge is 0.756 e. The Kier molecular flexibility index (Phi) is 62.8. The summed E-state index contributed by atoms with van der Waals surface area (Å²) in [6.07, 6.45) is 80.0. The van der Waals surface area contributed by atoms with Gasteiger partial charge in [0.25, 0.3) is 7.82 Å². The fourth-order valence-electron chi connectivity index (χ4n) is 10.9. The molecule has 0 aromatic heterocycles. The molecule has 2 unspecified atom stereocenters. The molecule has 0 aromatic carbocycles. The highest BCUT2D eigenvalue weighted by molar-refractivity contribution is 7.45. The van der Waals surface area contributed by atoms with Crippen LogP contribution in [0, 0.1) is 0 Å². The van der Waals surface area contributed by atoms with Gasteiger partial charge in [-0.1, -0.05) is 340 Å². The van der Waals surface area contributed by atoms with Gasteiger partial charge in [-0.15, -0.1) is 0 Å². The smallest absolute Gasteiger partial charge is 0.306 e. The van der Waals surface area contributed by atoms with Crippen LogP contribution < -0.4 is 4.89 Å². The van der Waals surface area contributed by atoms with Gasteiger partial charge in [0.05, 0.1) is 27.7 Å². The lowest BCUT2D eigenvalue weighted by Gasteiger charge is -2.28. The monoisotopic (exact) mass is 1180 g/mol. The average Bonchev–Trinajstić information content (AvgIpc) is 3.46. The minimum atomic E-state index is -4.64. The van der Waals surface area contributed by atoms with Crippen molar-refractivity contribution in [1.82, 2.24) is 0 Å². The molecule has 0 heterocycles. The molecule has 0 aromatic rings. The first-order chi connectivity index (χ1) is 40.0. The van der Waals surface area contributed by atoms with E-state index in [0.717, 1.165) is 51.4 Å². The van der Waals surface area contributed by atoms with E-state index in [1.54, 1.807) is 0 Å². The summed E-state index contributed by atoms with van der Waals surface area (Å²) in [5.74, 6) is -0.818. The molecule has 486 valence electrons. The maximum atomic E-state index is 12.8. The Hall–Kier alpha value is -1.51. The normalized spacial score (nSPS) is 13.2. The van der Waals surface area contributed by atoms with Gasteiger partial charge in [-0.05, 0) is 44.9 Å². The average molecular weight is 1180 g/mol. The second-order valence-electron chi connectivity index (χ2n) is 26.0. The summed E-state index contributed by atoms with van der Waals surface area (Å²) in [5, 5.41) is 0. The third-order valence-corrected chi connectivity index (χ3v) is 17.4. The molecule has 2 atom stereocenters. The van der Waals surface area contributed by atoms with Crippen molar-refractivity contribution in [2.24, 2.45) is 0 Å². The van der Waals surface area contributed by atoms with Gasteiger partial charge in [-0.3, -0.25) is 14.2 Å². The number of phosphoric ester groups is 1. The Bertz CT molecular complexity index is 1430. The molecule has 0 rings (SSSR count). The topological polar surface area (TPSA) is 111 Å². The molecule has 0 saturated heterocycles. The highest BCUT2D eigenvalue weighted by atomic mass is 31.2. The van der Waals surface area contributed by atoms with Crippen molar-refractivity contribution in [3.05, 3.63) is 24.3 Å². The molecule has 0 amide bonds. The lowest BCUT2D eigenvalue weighted by atomic mass is 10.0. The zero-order valence-electron chi connectivity index (χ0n) is 55.5. The van der Waals surface area contributed by atoms with Crippen LogP contribution in [0.15, 0.2) is 24.3 Å². The number of esters is 2. The van der Waals surface area contributed by atoms with Gasteiger partial charge >= 0.3 is 11.9 Å². The zero-order valence-corrected chi connectivity index (χ0v) is 56.4. The van der Waals surface area contributed by atoms with E-state index in [1.807, 2.05) is 21.1 Å². The predicted molar refractivity (Wildman–Crippen MR) is 351 cm³/mol. The maximum absolute atomic E-state index is 12.8. The number of carbonyl (C=O) groups is 2. The molecule has 0 aliphatic heterocycles. The molecule has 9 nitrogen and oxygen atoms in total. The van der Waals surface area contributed by atoms with Crippen molar-refractivity contribution in [3.8, 4) is 0 Å². The van der Waals surface area contributed by atoms with Gasteiger partial charge in [-0.25, -0.2) is 0 Å². The Morgan fingerprint density at radius 1 is 0.378 bits per heavy atom. The fraction of sp³-hybridized carbons (Fsp3) is 0.917. The summed E-state index contributed by atoms with van der Waals surface area (Å²) < 4.78 is 34.3. The van der Waals surface area contributed by atoms with E-state index < -0.39 is 26.5 Å². The highest BCUT2D eigenvalue weighted by Gasteiger charge is 2.22. The van der Waals surface area contributed by atoms with E-state index in [-0.39, 0.29) is 32.0 Å². The van der Waals surface area contributed by atoms with Crippen molar-refractivity contribution >= 4 is 19.8 Å². The van der Waals surface area contributed by atoms with Crippen molar-refractivity contribution in [3.63, 3.8) is 0 Å². The quantitative estimate of drug-likeness (QED) is 0.0195. The van der Waals surface area contributed by atoms with E-state index in [1.165, 1.54) is 289 Å². The van der Waals surface area contributed by atoms with Crippen molar-refractivity contribution < 1.29 is 42.1 Å². The van der Waals surface area contributed by atoms with E-state index in [4.69, 9.17) is 18.5 Å². The molecular weight excluding hydrogens is 1040 g/mol. The lowest BCUT2D eigenvalue weighted by molar-refractivity contribution is -0.870. The molecule has 10 heteroatoms. The highest BCUT2D eigenvalue weighted by Crippen LogP contribution is 2.38. The zero-order chi connectivity index (χ0) is 59.8. The summed E-state index contributed by atoms with van der Waals surface area (Å²) in [6, 6.07) is 0. The van der Waals surface area contributed by atoms with Gasteiger partial charge < -0.3 is 27.9 Å². The molecule has 0 radical (unpaired) electrons. The Morgan fingerprint density at radius 2 is 0.659 bits per heavy atom. The first-order valence-electron chi connectivity index (χ1n) is 36.0. The third-order valence-electron chi connectivity index (χ3n) is 16.5. The first kappa shape index (κ1) is 80.5. The van der Waals surface area contributed by atoms with Gasteiger partial charge in [-0.2, -0.15) is 0 Å². The minimum Gasteiger partial charge on any atom is -0.756 e. The molecule has 82 heavy (non-hydrogen) atoms. The molecule has 0 spiro atoms. The number of ether oxygens (including phenoxy) is 2. The van der Waals surface area contributed by atoms with Crippen LogP contribution in [0.25, 0.3) is 0 Å². The Balaban J connectivity index is 3.90. The van der Waals surface area contributed by atoms with Crippen LogP contribution in [0.1, 0.15) is 373 Å². The predicted octanol–water partition coefficient (Wildman–Crippen LogP) is 22.6. The van der Waals surface area contributed by atoms with E-state index in [2.05, 4.69) is 38.2 Å². The second kappa shape index (κ2) is 64.0. The van der Waals surface area contributed by atoms with Crippen LogP contribution in [0.3, 0.4) is 0 Å².